The maximum absolute atomic E-state index is 12.6. The van der Waals surface area contributed by atoms with Gasteiger partial charge in [0.15, 0.2) is 0 Å². The Morgan fingerprint density at radius 2 is 1.96 bits per heavy atom. The second-order valence-corrected chi connectivity index (χ2v) is 8.07. The molecule has 1 saturated heterocycles. The van der Waals surface area contributed by atoms with Crippen LogP contribution >= 0.6 is 27.7 Å². The highest BCUT2D eigenvalue weighted by Gasteiger charge is 2.40. The van der Waals surface area contributed by atoms with Gasteiger partial charge in [-0.25, -0.2) is 4.90 Å². The van der Waals surface area contributed by atoms with E-state index in [1.165, 1.54) is 16.7 Å². The Balaban J connectivity index is 1.59. The van der Waals surface area contributed by atoms with Crippen molar-refractivity contribution in [2.75, 3.05) is 16.0 Å². The predicted octanol–water partition coefficient (Wildman–Crippen LogP) is 3.76. The van der Waals surface area contributed by atoms with E-state index < -0.39 is 5.25 Å². The van der Waals surface area contributed by atoms with Gasteiger partial charge in [0, 0.05) is 16.6 Å². The number of nitrogens with zero attached hydrogens (tertiary/aromatic N) is 1. The van der Waals surface area contributed by atoms with Crippen LogP contribution in [0.5, 0.6) is 0 Å². The number of benzene rings is 2. The monoisotopic (exact) mass is 432 g/mol. The topological polar surface area (TPSA) is 66.5 Å². The molecule has 5 nitrogen and oxygen atoms in total. The fourth-order valence-corrected chi connectivity index (χ4v) is 3.89. The number of hydrogen-bond acceptors (Lipinski definition) is 4. The number of anilines is 2. The number of carbonyl (C=O) groups excluding carboxylic acids is 3. The molecule has 7 heteroatoms. The number of thioether (sulfide) groups is 1. The summed E-state index contributed by atoms with van der Waals surface area (Å²) in [5.74, 6) is -0.589. The molecule has 3 rings (SSSR count). The van der Waals surface area contributed by atoms with E-state index in [9.17, 15) is 14.4 Å². The molecular formula is C19H17BrN2O3S. The molecule has 2 aromatic carbocycles. The fourth-order valence-electron chi connectivity index (χ4n) is 2.69. The zero-order chi connectivity index (χ0) is 18.7. The molecule has 0 aliphatic carbocycles. The first-order chi connectivity index (χ1) is 12.4. The number of amides is 3. The van der Waals surface area contributed by atoms with Gasteiger partial charge in [-0.2, -0.15) is 0 Å². The third-order valence-electron chi connectivity index (χ3n) is 3.91. The Morgan fingerprint density at radius 3 is 2.65 bits per heavy atom. The van der Waals surface area contributed by atoms with Crippen molar-refractivity contribution in [1.29, 1.82) is 0 Å². The first-order valence-corrected chi connectivity index (χ1v) is 9.89. The van der Waals surface area contributed by atoms with Crippen molar-refractivity contribution >= 4 is 56.8 Å². The van der Waals surface area contributed by atoms with Gasteiger partial charge in [-0.15, -0.1) is 11.8 Å². The Bertz CT molecular complexity index is 854. The van der Waals surface area contributed by atoms with Gasteiger partial charge in [0.1, 0.15) is 0 Å². The molecule has 0 bridgehead atoms. The number of carbonyl (C=O) groups is 3. The Hall–Kier alpha value is -2.12. The number of aryl methyl sites for hydroxylation is 1. The smallest absolute Gasteiger partial charge is 0.247 e. The second-order valence-electron chi connectivity index (χ2n) is 5.97. The molecule has 0 radical (unpaired) electrons. The molecule has 0 aromatic heterocycles. The van der Waals surface area contributed by atoms with E-state index in [4.69, 9.17) is 0 Å². The summed E-state index contributed by atoms with van der Waals surface area (Å²) in [5.41, 5.74) is 2.33. The molecular weight excluding hydrogens is 416 g/mol. The quantitative estimate of drug-likeness (QED) is 0.730. The van der Waals surface area contributed by atoms with E-state index in [1.54, 1.807) is 24.3 Å². The number of nitrogens with one attached hydrogen (secondary N) is 1. The van der Waals surface area contributed by atoms with Gasteiger partial charge < -0.3 is 5.32 Å². The number of halogens is 1. The number of rotatable bonds is 5. The lowest BCUT2D eigenvalue weighted by Gasteiger charge is -2.15. The lowest BCUT2D eigenvalue weighted by atomic mass is 10.2. The van der Waals surface area contributed by atoms with Crippen LogP contribution in [0.25, 0.3) is 0 Å². The highest BCUT2D eigenvalue weighted by Crippen LogP contribution is 2.30. The Morgan fingerprint density at radius 1 is 1.23 bits per heavy atom. The molecule has 0 spiro atoms. The molecule has 1 unspecified atom stereocenters. The van der Waals surface area contributed by atoms with Crippen molar-refractivity contribution < 1.29 is 14.4 Å². The van der Waals surface area contributed by atoms with E-state index in [-0.39, 0.29) is 29.9 Å². The van der Waals surface area contributed by atoms with E-state index in [0.29, 0.717) is 5.69 Å². The van der Waals surface area contributed by atoms with Crippen LogP contribution in [0.4, 0.5) is 11.4 Å². The van der Waals surface area contributed by atoms with Crippen LogP contribution in [0.1, 0.15) is 12.0 Å². The normalized spacial score (nSPS) is 16.8. The van der Waals surface area contributed by atoms with Crippen LogP contribution in [0.3, 0.4) is 0 Å². The van der Waals surface area contributed by atoms with Gasteiger partial charge in [0.25, 0.3) is 0 Å². The van der Waals surface area contributed by atoms with Crippen molar-refractivity contribution in [3.05, 3.63) is 58.6 Å². The molecule has 3 amide bonds. The average Bonchev–Trinajstić information content (AvgIpc) is 2.88. The van der Waals surface area contributed by atoms with E-state index >= 15 is 0 Å². The lowest BCUT2D eigenvalue weighted by molar-refractivity contribution is -0.121. The molecule has 1 atom stereocenters. The van der Waals surface area contributed by atoms with Gasteiger partial charge in [0.2, 0.25) is 17.7 Å². The third-order valence-corrected chi connectivity index (χ3v) is 5.64. The molecule has 2 aromatic rings. The summed E-state index contributed by atoms with van der Waals surface area (Å²) in [6.07, 6.45) is 0.108. The molecule has 1 aliphatic rings. The first-order valence-electron chi connectivity index (χ1n) is 8.04. The van der Waals surface area contributed by atoms with Crippen LogP contribution in [0.15, 0.2) is 53.0 Å². The minimum atomic E-state index is -0.533. The molecule has 1 N–H and O–H groups in total. The largest absolute Gasteiger partial charge is 0.325 e. The summed E-state index contributed by atoms with van der Waals surface area (Å²) in [6.45, 7) is 1.95. The van der Waals surface area contributed by atoms with E-state index in [1.807, 2.05) is 31.2 Å². The summed E-state index contributed by atoms with van der Waals surface area (Å²) in [6, 6.07) is 14.5. The van der Waals surface area contributed by atoms with Gasteiger partial charge in [0.05, 0.1) is 16.7 Å². The number of hydrogen-bond donors (Lipinski definition) is 1. The van der Waals surface area contributed by atoms with Crippen LogP contribution in [0, 0.1) is 6.92 Å². The van der Waals surface area contributed by atoms with Gasteiger partial charge in [-0.1, -0.05) is 28.1 Å². The standard InChI is InChI=1S/C19H17BrN2O3S/c1-12-3-2-4-14(9-12)21-17(23)11-26-16-10-18(24)22(19(16)25)15-7-5-13(20)6-8-15/h2-9,16H,10-11H2,1H3,(H,21,23). The Labute approximate surface area is 164 Å². The van der Waals surface area contributed by atoms with Crippen molar-refractivity contribution in [3.63, 3.8) is 0 Å². The van der Waals surface area contributed by atoms with Crippen LogP contribution in [0.2, 0.25) is 0 Å². The zero-order valence-electron chi connectivity index (χ0n) is 14.1. The van der Waals surface area contributed by atoms with Crippen molar-refractivity contribution in [2.24, 2.45) is 0 Å². The maximum Gasteiger partial charge on any atom is 0.247 e. The summed E-state index contributed by atoms with van der Waals surface area (Å²) in [4.78, 5) is 38.1. The second kappa shape index (κ2) is 8.05. The third kappa shape index (κ3) is 4.34. The fraction of sp³-hybridized carbons (Fsp3) is 0.211. The van der Waals surface area contributed by atoms with E-state index in [2.05, 4.69) is 21.2 Å². The Kier molecular flexibility index (Phi) is 5.78. The van der Waals surface area contributed by atoms with Gasteiger partial charge >= 0.3 is 0 Å². The summed E-state index contributed by atoms with van der Waals surface area (Å²) < 4.78 is 0.874. The number of imide groups is 1. The molecule has 1 heterocycles. The van der Waals surface area contributed by atoms with Crippen molar-refractivity contribution in [3.8, 4) is 0 Å². The van der Waals surface area contributed by atoms with Gasteiger partial charge in [-0.3, -0.25) is 14.4 Å². The highest BCUT2D eigenvalue weighted by molar-refractivity contribution is 9.10. The summed E-state index contributed by atoms with van der Waals surface area (Å²) in [5, 5.41) is 2.27. The van der Waals surface area contributed by atoms with Crippen LogP contribution in [-0.2, 0) is 14.4 Å². The molecule has 0 saturated carbocycles. The SMILES string of the molecule is Cc1cccc(NC(=O)CSC2CC(=O)N(c3ccc(Br)cc3)C2=O)c1. The maximum atomic E-state index is 12.6. The van der Waals surface area contributed by atoms with Gasteiger partial charge in [-0.05, 0) is 48.9 Å². The van der Waals surface area contributed by atoms with Crippen LogP contribution < -0.4 is 10.2 Å². The average molecular weight is 433 g/mol. The van der Waals surface area contributed by atoms with Crippen LogP contribution in [-0.4, -0.2) is 28.7 Å². The molecule has 134 valence electrons. The molecule has 26 heavy (non-hydrogen) atoms. The predicted molar refractivity (Wildman–Crippen MR) is 107 cm³/mol. The first kappa shape index (κ1) is 18.7. The molecule has 1 aliphatic heterocycles. The molecule has 1 fully saturated rings. The van der Waals surface area contributed by atoms with Crippen molar-refractivity contribution in [1.82, 2.24) is 0 Å². The zero-order valence-corrected chi connectivity index (χ0v) is 16.5. The minimum Gasteiger partial charge on any atom is -0.325 e. The van der Waals surface area contributed by atoms with E-state index in [0.717, 1.165) is 15.7 Å². The minimum absolute atomic E-state index is 0.108. The lowest BCUT2D eigenvalue weighted by Crippen LogP contribution is -2.31. The summed E-state index contributed by atoms with van der Waals surface area (Å²) in [7, 11) is 0. The van der Waals surface area contributed by atoms with Crippen molar-refractivity contribution in [2.45, 2.75) is 18.6 Å². The highest BCUT2D eigenvalue weighted by atomic mass is 79.9. The summed E-state index contributed by atoms with van der Waals surface area (Å²) >= 11 is 4.53.